The van der Waals surface area contributed by atoms with Crippen LogP contribution in [0.4, 0.5) is 0 Å². The quantitative estimate of drug-likeness (QED) is 0.185. The molecule has 1 aliphatic heterocycles. The molecule has 1 heterocycles. The van der Waals surface area contributed by atoms with Crippen LogP contribution in [0.25, 0.3) is 0 Å². The molecule has 0 aliphatic carbocycles. The zero-order valence-corrected chi connectivity index (χ0v) is 29.1. The minimum atomic E-state index is -3.67. The van der Waals surface area contributed by atoms with Gasteiger partial charge in [-0.25, -0.2) is 8.42 Å². The second-order valence-corrected chi connectivity index (χ2v) is 13.7. The van der Waals surface area contributed by atoms with E-state index in [0.717, 1.165) is 16.7 Å². The lowest BCUT2D eigenvalue weighted by Crippen LogP contribution is -2.52. The molecule has 0 spiro atoms. The van der Waals surface area contributed by atoms with E-state index < -0.39 is 22.0 Å². The summed E-state index contributed by atoms with van der Waals surface area (Å²) in [5, 5.41) is 3.05. The third-order valence-electron chi connectivity index (χ3n) is 8.42. The van der Waals surface area contributed by atoms with Crippen LogP contribution >= 0.6 is 0 Å². The first-order chi connectivity index (χ1) is 24.3. The number of hydrogen-bond donors (Lipinski definition) is 1. The van der Waals surface area contributed by atoms with Crippen molar-refractivity contribution in [1.82, 2.24) is 14.5 Å². The van der Waals surface area contributed by atoms with E-state index in [1.807, 2.05) is 78.9 Å². The van der Waals surface area contributed by atoms with Crippen molar-refractivity contribution in [1.29, 1.82) is 0 Å². The average Bonchev–Trinajstić information content (AvgIpc) is 3.16. The zero-order valence-electron chi connectivity index (χ0n) is 28.3. The number of amides is 2. The number of sulfonamides is 1. The van der Waals surface area contributed by atoms with E-state index in [-0.39, 0.29) is 30.4 Å². The van der Waals surface area contributed by atoms with Crippen LogP contribution < -0.4 is 19.5 Å². The Balaban J connectivity index is 1.32. The maximum absolute atomic E-state index is 14.0. The molecule has 264 valence electrons. The van der Waals surface area contributed by atoms with Gasteiger partial charge >= 0.3 is 0 Å². The van der Waals surface area contributed by atoms with Gasteiger partial charge in [-0.3, -0.25) is 9.59 Å². The van der Waals surface area contributed by atoms with Crippen molar-refractivity contribution in [3.63, 3.8) is 0 Å². The van der Waals surface area contributed by atoms with E-state index >= 15 is 0 Å². The van der Waals surface area contributed by atoms with E-state index in [1.54, 1.807) is 19.1 Å². The van der Waals surface area contributed by atoms with Crippen LogP contribution in [-0.2, 0) is 43.7 Å². The highest BCUT2D eigenvalue weighted by molar-refractivity contribution is 7.89. The highest BCUT2D eigenvalue weighted by Gasteiger charge is 2.31. The Morgan fingerprint density at radius 1 is 0.820 bits per heavy atom. The van der Waals surface area contributed by atoms with Gasteiger partial charge in [0.05, 0.1) is 32.3 Å². The number of hydrogen-bond acceptors (Lipinski definition) is 8. The lowest BCUT2D eigenvalue weighted by molar-refractivity contribution is -0.142. The fraction of sp³-hybridized carbons (Fsp3) is 0.316. The van der Waals surface area contributed by atoms with Crippen molar-refractivity contribution in [3.8, 4) is 17.2 Å². The summed E-state index contributed by atoms with van der Waals surface area (Å²) in [5.41, 5.74) is 2.71. The van der Waals surface area contributed by atoms with Crippen molar-refractivity contribution in [2.75, 3.05) is 53.7 Å². The number of nitrogens with one attached hydrogen (secondary N) is 1. The molecule has 1 atom stereocenters. The van der Waals surface area contributed by atoms with Crippen LogP contribution in [-0.4, -0.2) is 89.2 Å². The Hall–Kier alpha value is -4.91. The van der Waals surface area contributed by atoms with Crippen LogP contribution in [0.1, 0.15) is 16.7 Å². The summed E-state index contributed by atoms with van der Waals surface area (Å²) in [5.74, 6) is 0.866. The number of methoxy groups -OCH3 is 2. The smallest absolute Gasteiger partial charge is 0.261 e. The summed E-state index contributed by atoms with van der Waals surface area (Å²) in [6.45, 7) is 1.45. The molecule has 1 saturated heterocycles. The zero-order chi connectivity index (χ0) is 35.3. The SMILES string of the molecule is COc1ccc(CCNC(=O)[C@@H](Cc2ccccc2)N(Cc2ccccc2)C(=O)COc2ccc(S(=O)(=O)N3CCOCC3)cc2)cc1OC. The summed E-state index contributed by atoms with van der Waals surface area (Å²) in [6.07, 6.45) is 0.826. The number of carbonyl (C=O) groups excluding carboxylic acids is 2. The molecule has 5 rings (SSSR count). The fourth-order valence-corrected chi connectivity index (χ4v) is 7.10. The van der Waals surface area contributed by atoms with E-state index in [0.29, 0.717) is 56.5 Å². The Bertz CT molecular complexity index is 1800. The highest BCUT2D eigenvalue weighted by Crippen LogP contribution is 2.28. The number of morpholine rings is 1. The van der Waals surface area contributed by atoms with Crippen molar-refractivity contribution < 1.29 is 37.0 Å². The first-order valence-electron chi connectivity index (χ1n) is 16.4. The lowest BCUT2D eigenvalue weighted by atomic mass is 10.0. The fourth-order valence-electron chi connectivity index (χ4n) is 5.69. The van der Waals surface area contributed by atoms with Gasteiger partial charge in [-0.2, -0.15) is 4.31 Å². The Morgan fingerprint density at radius 2 is 1.46 bits per heavy atom. The van der Waals surface area contributed by atoms with E-state index in [1.165, 1.54) is 28.6 Å². The first-order valence-corrected chi connectivity index (χ1v) is 17.9. The summed E-state index contributed by atoms with van der Waals surface area (Å²) < 4.78 is 49.4. The van der Waals surface area contributed by atoms with Gasteiger partial charge in [-0.1, -0.05) is 66.7 Å². The standard InChI is InChI=1S/C38H43N3O8S/c1-46-35-18-13-30(26-36(35)47-2)19-20-39-38(43)34(25-29-9-5-3-6-10-29)41(27-31-11-7-4-8-12-31)37(42)28-49-32-14-16-33(17-15-32)50(44,45)40-21-23-48-24-22-40/h3-18,26,34H,19-25,27-28H2,1-2H3,(H,39,43)/t34-/m1/s1. The van der Waals surface area contributed by atoms with Gasteiger partial charge < -0.3 is 29.2 Å². The minimum Gasteiger partial charge on any atom is -0.493 e. The number of carbonyl (C=O) groups is 2. The number of ether oxygens (including phenoxy) is 4. The molecule has 4 aromatic rings. The molecule has 2 amide bonds. The molecule has 1 N–H and O–H groups in total. The topological polar surface area (TPSA) is 124 Å². The Labute approximate surface area is 293 Å². The van der Waals surface area contributed by atoms with Gasteiger partial charge in [0.1, 0.15) is 11.8 Å². The van der Waals surface area contributed by atoms with Gasteiger partial charge in [0.2, 0.25) is 15.9 Å². The van der Waals surface area contributed by atoms with Crippen molar-refractivity contribution >= 4 is 21.8 Å². The van der Waals surface area contributed by atoms with Gasteiger partial charge in [0.15, 0.2) is 18.1 Å². The predicted molar refractivity (Wildman–Crippen MR) is 189 cm³/mol. The van der Waals surface area contributed by atoms with Crippen molar-refractivity contribution in [2.45, 2.75) is 30.3 Å². The summed E-state index contributed by atoms with van der Waals surface area (Å²) in [6, 6.07) is 29.8. The molecule has 0 saturated carbocycles. The Kier molecular flexibility index (Phi) is 12.8. The largest absolute Gasteiger partial charge is 0.493 e. The lowest BCUT2D eigenvalue weighted by Gasteiger charge is -2.31. The third-order valence-corrected chi connectivity index (χ3v) is 10.3. The van der Waals surface area contributed by atoms with Gasteiger partial charge in [0.25, 0.3) is 5.91 Å². The van der Waals surface area contributed by atoms with E-state index in [4.69, 9.17) is 18.9 Å². The maximum atomic E-state index is 14.0. The molecule has 4 aromatic carbocycles. The van der Waals surface area contributed by atoms with Crippen LogP contribution in [0.5, 0.6) is 17.2 Å². The normalized spacial score (nSPS) is 14.0. The van der Waals surface area contributed by atoms with E-state index in [9.17, 15) is 18.0 Å². The molecule has 1 aliphatic rings. The molecular formula is C38H43N3O8S. The molecule has 0 unspecified atom stereocenters. The third kappa shape index (κ3) is 9.62. The van der Waals surface area contributed by atoms with Crippen LogP contribution in [0.3, 0.4) is 0 Å². The molecule has 50 heavy (non-hydrogen) atoms. The average molecular weight is 702 g/mol. The second-order valence-electron chi connectivity index (χ2n) is 11.7. The summed E-state index contributed by atoms with van der Waals surface area (Å²) in [4.78, 5) is 29.7. The van der Waals surface area contributed by atoms with E-state index in [2.05, 4.69) is 5.32 Å². The van der Waals surface area contributed by atoms with Gasteiger partial charge in [-0.15, -0.1) is 0 Å². The molecular weight excluding hydrogens is 658 g/mol. The van der Waals surface area contributed by atoms with Crippen LogP contribution in [0, 0.1) is 0 Å². The number of nitrogens with zero attached hydrogens (tertiary/aromatic N) is 2. The molecule has 11 nitrogen and oxygen atoms in total. The maximum Gasteiger partial charge on any atom is 0.261 e. The predicted octanol–water partition coefficient (Wildman–Crippen LogP) is 4.10. The van der Waals surface area contributed by atoms with Crippen LogP contribution in [0.2, 0.25) is 0 Å². The van der Waals surface area contributed by atoms with Gasteiger partial charge in [0, 0.05) is 32.6 Å². The first kappa shape index (κ1) is 36.4. The summed E-state index contributed by atoms with van der Waals surface area (Å²) in [7, 11) is -0.522. The minimum absolute atomic E-state index is 0.136. The van der Waals surface area contributed by atoms with Crippen molar-refractivity contribution in [3.05, 3.63) is 120 Å². The monoisotopic (exact) mass is 701 g/mol. The second kappa shape index (κ2) is 17.7. The molecule has 1 fully saturated rings. The molecule has 0 bridgehead atoms. The molecule has 0 aromatic heterocycles. The molecule has 0 radical (unpaired) electrons. The van der Waals surface area contributed by atoms with Crippen LogP contribution in [0.15, 0.2) is 108 Å². The van der Waals surface area contributed by atoms with Gasteiger partial charge in [-0.05, 0) is 59.5 Å². The summed E-state index contributed by atoms with van der Waals surface area (Å²) >= 11 is 0. The molecule has 12 heteroatoms. The highest BCUT2D eigenvalue weighted by atomic mass is 32.2. The number of benzene rings is 4. The number of rotatable bonds is 16. The Morgan fingerprint density at radius 3 is 2.10 bits per heavy atom. The van der Waals surface area contributed by atoms with Crippen molar-refractivity contribution in [2.24, 2.45) is 0 Å².